The predicted molar refractivity (Wildman–Crippen MR) is 224 cm³/mol. The summed E-state index contributed by atoms with van der Waals surface area (Å²) in [4.78, 5) is 20.5. The number of amides is 1. The minimum atomic E-state index is -0.665. The number of aliphatic hydroxyl groups excluding tert-OH is 1. The Bertz CT molecular complexity index is 2080. The Morgan fingerprint density at radius 1 is 0.767 bits per heavy atom. The molecular weight excluding hydrogens is 769 g/mol. The van der Waals surface area contributed by atoms with Gasteiger partial charge in [0.2, 0.25) is 5.91 Å². The SMILES string of the molecule is CCC(O)COC1CN(C(=O)Cc2ccc(CON(O)O)cc2)CC(OCc2cc(OC)c3ccccc3c2)C1c1ccc(OCCCOCc2ccccc2OC)cc1. The Labute approximate surface area is 351 Å². The molecule has 0 aliphatic carbocycles. The fourth-order valence-electron chi connectivity index (χ4n) is 7.38. The van der Waals surface area contributed by atoms with Crippen LogP contribution in [0, 0.1) is 0 Å². The minimum absolute atomic E-state index is 0.0486. The lowest BCUT2D eigenvalue weighted by molar-refractivity contribution is -0.497. The Morgan fingerprint density at radius 2 is 1.47 bits per heavy atom. The Morgan fingerprint density at radius 3 is 2.20 bits per heavy atom. The van der Waals surface area contributed by atoms with Gasteiger partial charge in [-0.1, -0.05) is 85.8 Å². The molecule has 1 amide bonds. The summed E-state index contributed by atoms with van der Waals surface area (Å²) in [7, 11) is 3.31. The monoisotopic (exact) mass is 824 g/mol. The summed E-state index contributed by atoms with van der Waals surface area (Å²) in [5.74, 6) is 1.89. The number of para-hydroxylation sites is 1. The van der Waals surface area contributed by atoms with E-state index >= 15 is 0 Å². The first-order chi connectivity index (χ1) is 29.2. The number of likely N-dealkylation sites (tertiary alicyclic amines) is 1. The van der Waals surface area contributed by atoms with Crippen molar-refractivity contribution >= 4 is 16.7 Å². The molecule has 1 saturated heterocycles. The zero-order valence-corrected chi connectivity index (χ0v) is 34.5. The van der Waals surface area contributed by atoms with Gasteiger partial charge in [0.05, 0.1) is 84.0 Å². The van der Waals surface area contributed by atoms with Crippen LogP contribution in [-0.2, 0) is 50.1 Å². The van der Waals surface area contributed by atoms with Crippen LogP contribution in [0.1, 0.15) is 53.5 Å². The maximum atomic E-state index is 14.0. The van der Waals surface area contributed by atoms with Crippen LogP contribution in [0.2, 0.25) is 0 Å². The van der Waals surface area contributed by atoms with E-state index in [1.165, 1.54) is 0 Å². The first kappa shape index (κ1) is 44.5. The van der Waals surface area contributed by atoms with E-state index in [1.807, 2.05) is 97.9 Å². The van der Waals surface area contributed by atoms with Gasteiger partial charge in [-0.05, 0) is 64.4 Å². The summed E-state index contributed by atoms with van der Waals surface area (Å²) < 4.78 is 36.4. The third-order valence-corrected chi connectivity index (χ3v) is 10.6. The molecule has 4 unspecified atom stereocenters. The first-order valence-electron chi connectivity index (χ1n) is 20.3. The largest absolute Gasteiger partial charge is 0.496 e. The standard InChI is InChI=1S/C47H56N2O11/c1-4-39(50)32-59-45-28-48(46(51)26-33-14-16-34(17-15-33)30-60-49(52)53)27-44(58-29-35-24-37-10-5-7-12-41(37)43(25-35)55-3)47(45)36-18-20-40(21-19-36)57-23-9-22-56-31-38-11-6-8-13-42(38)54-2/h5-8,10-21,24-25,39,44-45,47,50,52-53H,4,9,22-23,26-32H2,1-3H3. The van der Waals surface area contributed by atoms with E-state index in [4.69, 9.17) is 43.7 Å². The van der Waals surface area contributed by atoms with Crippen molar-refractivity contribution in [2.45, 2.75) is 70.2 Å². The summed E-state index contributed by atoms with van der Waals surface area (Å²) in [6.07, 6.45) is -0.270. The van der Waals surface area contributed by atoms with Gasteiger partial charge < -0.3 is 38.4 Å². The van der Waals surface area contributed by atoms with Crippen molar-refractivity contribution in [3.8, 4) is 17.2 Å². The predicted octanol–water partition coefficient (Wildman–Crippen LogP) is 7.26. The summed E-state index contributed by atoms with van der Waals surface area (Å²) in [5, 5.41) is 30.1. The van der Waals surface area contributed by atoms with Crippen molar-refractivity contribution in [1.82, 2.24) is 10.3 Å². The molecule has 0 saturated carbocycles. The number of carbonyl (C=O) groups is 1. The number of ether oxygens (including phenoxy) is 6. The number of benzene rings is 5. The van der Waals surface area contributed by atoms with E-state index in [0.29, 0.717) is 51.3 Å². The smallest absolute Gasteiger partial charge is 0.227 e. The van der Waals surface area contributed by atoms with E-state index < -0.39 is 18.3 Å². The van der Waals surface area contributed by atoms with Gasteiger partial charge in [-0.3, -0.25) is 15.2 Å². The third-order valence-electron chi connectivity index (χ3n) is 10.6. The van der Waals surface area contributed by atoms with Crippen molar-refractivity contribution in [3.05, 3.63) is 137 Å². The van der Waals surface area contributed by atoms with Gasteiger partial charge in [0.25, 0.3) is 0 Å². The lowest BCUT2D eigenvalue weighted by Crippen LogP contribution is -2.55. The van der Waals surface area contributed by atoms with Crippen molar-refractivity contribution < 1.29 is 53.6 Å². The van der Waals surface area contributed by atoms with E-state index in [2.05, 4.69) is 6.07 Å². The quantitative estimate of drug-likeness (QED) is 0.0477. The van der Waals surface area contributed by atoms with E-state index in [1.54, 1.807) is 31.3 Å². The average molecular weight is 825 g/mol. The molecule has 0 radical (unpaired) electrons. The molecule has 0 spiro atoms. The molecule has 320 valence electrons. The average Bonchev–Trinajstić information content (AvgIpc) is 3.28. The van der Waals surface area contributed by atoms with Crippen LogP contribution in [0.15, 0.2) is 109 Å². The molecule has 1 heterocycles. The van der Waals surface area contributed by atoms with Crippen LogP contribution in [-0.4, -0.2) is 97.2 Å². The highest BCUT2D eigenvalue weighted by molar-refractivity contribution is 5.89. The lowest BCUT2D eigenvalue weighted by Gasteiger charge is -2.44. The number of carbonyl (C=O) groups excluding carboxylic acids is 1. The number of methoxy groups -OCH3 is 2. The van der Waals surface area contributed by atoms with Gasteiger partial charge in [-0.2, -0.15) is 0 Å². The molecular formula is C47H56N2O11. The van der Waals surface area contributed by atoms with Crippen molar-refractivity contribution in [3.63, 3.8) is 0 Å². The Balaban J connectivity index is 1.18. The lowest BCUT2D eigenvalue weighted by atomic mass is 9.84. The highest BCUT2D eigenvalue weighted by Gasteiger charge is 2.41. The molecule has 4 atom stereocenters. The Hall–Kier alpha value is -5.09. The Kier molecular flexibility index (Phi) is 16.7. The molecule has 5 aromatic carbocycles. The number of nitrogens with zero attached hydrogens (tertiary/aromatic N) is 2. The van der Waals surface area contributed by atoms with Gasteiger partial charge in [-0.15, -0.1) is 0 Å². The number of hydrogen-bond acceptors (Lipinski definition) is 12. The number of hydrogen-bond donors (Lipinski definition) is 3. The van der Waals surface area contributed by atoms with E-state index in [9.17, 15) is 9.90 Å². The summed E-state index contributed by atoms with van der Waals surface area (Å²) >= 11 is 0. The topological polar surface area (TPSA) is 149 Å². The first-order valence-corrected chi connectivity index (χ1v) is 20.3. The zero-order valence-electron chi connectivity index (χ0n) is 34.5. The van der Waals surface area contributed by atoms with E-state index in [-0.39, 0.29) is 43.5 Å². The molecule has 1 aliphatic rings. The second-order valence-electron chi connectivity index (χ2n) is 14.8. The van der Waals surface area contributed by atoms with Crippen molar-refractivity contribution in [2.75, 3.05) is 47.1 Å². The fourth-order valence-corrected chi connectivity index (χ4v) is 7.38. The van der Waals surface area contributed by atoms with Crippen LogP contribution in [0.25, 0.3) is 10.8 Å². The molecule has 0 aromatic heterocycles. The van der Waals surface area contributed by atoms with Gasteiger partial charge in [0, 0.05) is 36.4 Å². The van der Waals surface area contributed by atoms with Crippen molar-refractivity contribution in [2.24, 2.45) is 0 Å². The summed E-state index contributed by atoms with van der Waals surface area (Å²) in [5.41, 5.74) is 4.38. The molecule has 6 rings (SSSR count). The highest BCUT2D eigenvalue weighted by atomic mass is 17.1. The van der Waals surface area contributed by atoms with Gasteiger partial charge >= 0.3 is 0 Å². The molecule has 3 N–H and O–H groups in total. The molecule has 0 bridgehead atoms. The maximum absolute atomic E-state index is 14.0. The number of piperidine rings is 1. The molecule has 60 heavy (non-hydrogen) atoms. The fraction of sp³-hybridized carbons (Fsp3) is 0.383. The van der Waals surface area contributed by atoms with Crippen molar-refractivity contribution in [1.29, 1.82) is 0 Å². The maximum Gasteiger partial charge on any atom is 0.227 e. The third kappa shape index (κ3) is 12.5. The van der Waals surface area contributed by atoms with Crippen LogP contribution in [0.4, 0.5) is 0 Å². The van der Waals surface area contributed by atoms with Gasteiger partial charge in [0.1, 0.15) is 17.2 Å². The molecule has 1 aliphatic heterocycles. The van der Waals surface area contributed by atoms with Gasteiger partial charge in [0.15, 0.2) is 0 Å². The van der Waals surface area contributed by atoms with Gasteiger partial charge in [-0.25, -0.2) is 4.84 Å². The molecule has 5 aromatic rings. The summed E-state index contributed by atoms with van der Waals surface area (Å²) in [6.45, 7) is 4.30. The van der Waals surface area contributed by atoms with Crippen LogP contribution in [0.3, 0.4) is 0 Å². The number of aliphatic hydroxyl groups is 1. The molecule has 1 fully saturated rings. The molecule has 13 heteroatoms. The molecule has 13 nitrogen and oxygen atoms in total. The second kappa shape index (κ2) is 22.5. The minimum Gasteiger partial charge on any atom is -0.496 e. The normalized spacial score (nSPS) is 17.2. The second-order valence-corrected chi connectivity index (χ2v) is 14.8. The van der Waals surface area contributed by atoms with Crippen LogP contribution < -0.4 is 14.2 Å². The zero-order chi connectivity index (χ0) is 42.3. The number of fused-ring (bicyclic) bond motifs is 1. The number of rotatable bonds is 22. The van der Waals surface area contributed by atoms with Crippen LogP contribution in [0.5, 0.6) is 17.2 Å². The highest BCUT2D eigenvalue weighted by Crippen LogP contribution is 2.36. The summed E-state index contributed by atoms with van der Waals surface area (Å²) in [6, 6.07) is 35.0. The van der Waals surface area contributed by atoms with Crippen LogP contribution >= 0.6 is 0 Å². The van der Waals surface area contributed by atoms with E-state index in [0.717, 1.165) is 50.3 Å².